The predicted octanol–water partition coefficient (Wildman–Crippen LogP) is 2.93. The van der Waals surface area contributed by atoms with Gasteiger partial charge >= 0.3 is 5.91 Å². The smallest absolute Gasteiger partial charge is 0.363 e. The monoisotopic (exact) mass is 456 g/mol. The summed E-state index contributed by atoms with van der Waals surface area (Å²) in [6.07, 6.45) is 0.850. The van der Waals surface area contributed by atoms with Crippen LogP contribution in [0.4, 0.5) is 0 Å². The molecule has 34 heavy (non-hydrogen) atoms. The van der Waals surface area contributed by atoms with Crippen molar-refractivity contribution in [1.29, 1.82) is 0 Å². The largest absolute Gasteiger partial charge is 0.466 e. The van der Waals surface area contributed by atoms with E-state index in [0.29, 0.717) is 11.1 Å². The summed E-state index contributed by atoms with van der Waals surface area (Å²) in [7, 11) is 2.06. The fourth-order valence-electron chi connectivity index (χ4n) is 4.33. The molecule has 0 saturated carbocycles. The van der Waals surface area contributed by atoms with Crippen LogP contribution in [0.1, 0.15) is 27.0 Å². The van der Waals surface area contributed by atoms with Crippen LogP contribution in [0, 0.1) is 4.91 Å². The Hall–Kier alpha value is -3.97. The number of Topliss-reactive ketones (excluding diaryl/α,β-unsaturated/α-hetero) is 1. The van der Waals surface area contributed by atoms with Gasteiger partial charge in [-0.05, 0) is 53.4 Å². The molecule has 0 saturated heterocycles. The summed E-state index contributed by atoms with van der Waals surface area (Å²) in [5.41, 5.74) is 9.85. The van der Waals surface area contributed by atoms with Gasteiger partial charge in [-0.25, -0.2) is 4.79 Å². The van der Waals surface area contributed by atoms with E-state index in [1.54, 1.807) is 54.6 Å². The number of nitrogens with zero attached hydrogens (tertiary/aromatic N) is 2. The summed E-state index contributed by atoms with van der Waals surface area (Å²) in [5.74, 6) is -3.23. The lowest BCUT2D eigenvalue weighted by atomic mass is 9.92. The highest BCUT2D eigenvalue weighted by molar-refractivity contribution is 6.37. The lowest BCUT2D eigenvalue weighted by Gasteiger charge is -2.25. The molecule has 2 amide bonds. The van der Waals surface area contributed by atoms with Crippen LogP contribution in [0.3, 0.4) is 0 Å². The number of hydrogen-bond donors (Lipinski definition) is 1. The molecule has 3 aromatic rings. The zero-order valence-corrected chi connectivity index (χ0v) is 18.9. The van der Waals surface area contributed by atoms with Crippen LogP contribution in [0.15, 0.2) is 72.8 Å². The van der Waals surface area contributed by atoms with Crippen molar-refractivity contribution in [1.82, 2.24) is 4.90 Å². The first-order valence-electron chi connectivity index (χ1n) is 11.1. The van der Waals surface area contributed by atoms with Gasteiger partial charge in [0.25, 0.3) is 17.7 Å². The molecule has 1 atom stereocenters. The lowest BCUT2D eigenvalue weighted by molar-refractivity contribution is -0.476. The van der Waals surface area contributed by atoms with Gasteiger partial charge in [-0.1, -0.05) is 60.7 Å². The molecule has 0 aromatic heterocycles. The summed E-state index contributed by atoms with van der Waals surface area (Å²) < 4.78 is 0.0884. The van der Waals surface area contributed by atoms with E-state index in [-0.39, 0.29) is 16.7 Å². The molecule has 3 aromatic carbocycles. The van der Waals surface area contributed by atoms with Crippen molar-refractivity contribution in [3.8, 4) is 11.1 Å². The van der Waals surface area contributed by atoms with Crippen molar-refractivity contribution in [2.24, 2.45) is 5.73 Å². The Bertz CT molecular complexity index is 1270. The maximum absolute atomic E-state index is 13.3. The van der Waals surface area contributed by atoms with Crippen molar-refractivity contribution < 1.29 is 19.1 Å². The average Bonchev–Trinajstić information content (AvgIpc) is 2.86. The van der Waals surface area contributed by atoms with E-state index in [1.807, 2.05) is 12.1 Å². The molecule has 1 aliphatic heterocycles. The van der Waals surface area contributed by atoms with Gasteiger partial charge in [0.15, 0.2) is 0 Å². The lowest BCUT2D eigenvalue weighted by Crippen LogP contribution is -2.44. The second kappa shape index (κ2) is 9.89. The fraction of sp³-hybridized carbons (Fsp3) is 0.222. The predicted molar refractivity (Wildman–Crippen MR) is 128 cm³/mol. The summed E-state index contributed by atoms with van der Waals surface area (Å²) in [6.45, 7) is 1.79. The number of benzene rings is 3. The second-order valence-electron chi connectivity index (χ2n) is 8.58. The van der Waals surface area contributed by atoms with Gasteiger partial charge in [-0.15, -0.1) is 0 Å². The Morgan fingerprint density at radius 3 is 2.41 bits per heavy atom. The van der Waals surface area contributed by atoms with E-state index in [1.165, 1.54) is 11.1 Å². The molecule has 7 nitrogen and oxygen atoms in total. The minimum atomic E-state index is -1.54. The van der Waals surface area contributed by atoms with Crippen LogP contribution in [0.2, 0.25) is 0 Å². The Kier molecular flexibility index (Phi) is 6.75. The molecule has 0 fully saturated rings. The van der Waals surface area contributed by atoms with Gasteiger partial charge in [0.05, 0.1) is 4.76 Å². The fourth-order valence-corrected chi connectivity index (χ4v) is 4.33. The van der Waals surface area contributed by atoms with E-state index >= 15 is 0 Å². The molecule has 7 heteroatoms. The third kappa shape index (κ3) is 4.84. The van der Waals surface area contributed by atoms with Crippen LogP contribution in [-0.2, 0) is 29.0 Å². The van der Waals surface area contributed by atoms with Gasteiger partial charge in [0.1, 0.15) is 5.56 Å². The van der Waals surface area contributed by atoms with Gasteiger partial charge in [-0.2, -0.15) is 0 Å². The van der Waals surface area contributed by atoms with Gasteiger partial charge in [0, 0.05) is 24.4 Å². The minimum Gasteiger partial charge on any atom is -0.363 e. The first kappa shape index (κ1) is 23.2. The maximum atomic E-state index is 13.3. The highest BCUT2D eigenvalue weighted by Gasteiger charge is 2.43. The number of rotatable bonds is 7. The Morgan fingerprint density at radius 2 is 1.68 bits per heavy atom. The Labute approximate surface area is 197 Å². The Balaban J connectivity index is 1.69. The van der Waals surface area contributed by atoms with Crippen LogP contribution in [-0.4, -0.2) is 46.9 Å². The number of primary amides is 1. The molecule has 1 heterocycles. The SMILES string of the molecule is CN1CCc2ccc(-c3ccccc3C(=O)[N+](=O)C(Cc3ccccc3)C(=O)C(N)=O)cc2C1. The molecule has 0 spiro atoms. The number of nitroso groups, excluding NO2 is 1. The van der Waals surface area contributed by atoms with Crippen LogP contribution in [0.5, 0.6) is 0 Å². The number of likely N-dealkylation sites (N-methyl/N-ethyl adjacent to an activating group) is 1. The molecule has 0 radical (unpaired) electrons. The average molecular weight is 457 g/mol. The molecule has 0 bridgehead atoms. The molecule has 1 unspecified atom stereocenters. The quantitative estimate of drug-likeness (QED) is 0.435. The summed E-state index contributed by atoms with van der Waals surface area (Å²) in [4.78, 5) is 52.9. The van der Waals surface area contributed by atoms with E-state index < -0.39 is 23.6 Å². The van der Waals surface area contributed by atoms with Crippen LogP contribution in [0.25, 0.3) is 11.1 Å². The minimum absolute atomic E-state index is 0.0884. The van der Waals surface area contributed by atoms with Crippen LogP contribution < -0.4 is 5.73 Å². The van der Waals surface area contributed by atoms with Crippen molar-refractivity contribution >= 4 is 17.6 Å². The normalized spacial score (nSPS) is 14.1. The van der Waals surface area contributed by atoms with E-state index in [4.69, 9.17) is 5.73 Å². The van der Waals surface area contributed by atoms with Crippen molar-refractivity contribution in [2.45, 2.75) is 25.4 Å². The zero-order valence-electron chi connectivity index (χ0n) is 18.9. The van der Waals surface area contributed by atoms with Crippen molar-refractivity contribution in [3.05, 3.63) is 100.0 Å². The Morgan fingerprint density at radius 1 is 0.971 bits per heavy atom. The van der Waals surface area contributed by atoms with Gasteiger partial charge < -0.3 is 10.6 Å². The summed E-state index contributed by atoms with van der Waals surface area (Å²) in [6, 6.07) is 20.0. The second-order valence-corrected chi connectivity index (χ2v) is 8.58. The van der Waals surface area contributed by atoms with Gasteiger partial charge in [0.2, 0.25) is 0 Å². The third-order valence-electron chi connectivity index (χ3n) is 6.18. The number of carbonyl (C=O) groups excluding carboxylic acids is 3. The molecule has 1 aliphatic rings. The number of fused-ring (bicyclic) bond motifs is 1. The van der Waals surface area contributed by atoms with Crippen molar-refractivity contribution in [3.63, 3.8) is 0 Å². The van der Waals surface area contributed by atoms with Crippen LogP contribution >= 0.6 is 0 Å². The first-order valence-corrected chi connectivity index (χ1v) is 11.1. The summed E-state index contributed by atoms with van der Waals surface area (Å²) in [5, 5.41) is 0. The topological polar surface area (TPSA) is 101 Å². The summed E-state index contributed by atoms with van der Waals surface area (Å²) >= 11 is 0. The first-order chi connectivity index (χ1) is 16.3. The zero-order chi connectivity index (χ0) is 24.2. The van der Waals surface area contributed by atoms with E-state index in [2.05, 4.69) is 18.0 Å². The van der Waals surface area contributed by atoms with E-state index in [9.17, 15) is 19.3 Å². The molecular formula is C27H26N3O4+. The number of hydrogen-bond acceptors (Lipinski definition) is 5. The number of ketones is 1. The maximum Gasteiger partial charge on any atom is 0.466 e. The number of nitrogens with two attached hydrogens (primary N) is 1. The molecule has 0 aliphatic carbocycles. The molecule has 4 rings (SSSR count). The highest BCUT2D eigenvalue weighted by Crippen LogP contribution is 2.29. The standard InChI is InChI=1S/C27H25N3O4/c1-29-14-13-19-11-12-20(16-21(19)17-29)22-9-5-6-10-23(22)27(33)30(34)24(25(31)26(28)32)15-18-7-3-2-4-8-18/h2-12,16,24H,13-15,17H2,1H3,(H-,28,32)/p+1. The third-order valence-corrected chi connectivity index (χ3v) is 6.18. The van der Waals surface area contributed by atoms with Gasteiger partial charge in [-0.3, -0.25) is 9.59 Å². The molecule has 172 valence electrons. The van der Waals surface area contributed by atoms with E-state index in [0.717, 1.165) is 25.1 Å². The molecule has 2 N–H and O–H groups in total. The highest BCUT2D eigenvalue weighted by atomic mass is 16.3. The molecular weight excluding hydrogens is 430 g/mol. The van der Waals surface area contributed by atoms with Crippen molar-refractivity contribution in [2.75, 3.05) is 13.6 Å². The number of carbonyl (C=O) groups is 3. The number of amides is 2.